The molecule has 0 N–H and O–H groups in total. The third-order valence-corrected chi connectivity index (χ3v) is 5.31. The lowest BCUT2D eigenvalue weighted by Crippen LogP contribution is -2.36. The molecule has 2 aliphatic rings. The maximum Gasteiger partial charge on any atom is 0.232 e. The molecular formula is C15H19N3O2S. The second-order valence-corrected chi connectivity index (χ2v) is 6.85. The minimum atomic E-state index is 0.0959. The van der Waals surface area contributed by atoms with E-state index >= 15 is 0 Å². The van der Waals surface area contributed by atoms with Crippen LogP contribution in [0.4, 0.5) is 0 Å². The summed E-state index contributed by atoms with van der Waals surface area (Å²) in [5.41, 5.74) is 2.92. The smallest absolute Gasteiger partial charge is 0.232 e. The van der Waals surface area contributed by atoms with Crippen molar-refractivity contribution >= 4 is 11.3 Å². The largest absolute Gasteiger partial charge is 0.375 e. The van der Waals surface area contributed by atoms with Gasteiger partial charge in [0.1, 0.15) is 0 Å². The Morgan fingerprint density at radius 1 is 1.33 bits per heavy atom. The molecule has 1 aliphatic heterocycles. The van der Waals surface area contributed by atoms with Gasteiger partial charge in [0.25, 0.3) is 0 Å². The van der Waals surface area contributed by atoms with Crippen LogP contribution in [0.3, 0.4) is 0 Å². The van der Waals surface area contributed by atoms with Gasteiger partial charge in [0.2, 0.25) is 5.89 Å². The Hall–Kier alpha value is -1.27. The molecule has 21 heavy (non-hydrogen) atoms. The highest BCUT2D eigenvalue weighted by atomic mass is 32.1. The molecule has 112 valence electrons. The van der Waals surface area contributed by atoms with Crippen LogP contribution < -0.4 is 0 Å². The molecule has 1 spiro atoms. The number of hydrogen-bond donors (Lipinski definition) is 0. The number of nitrogens with zero attached hydrogens (tertiary/aromatic N) is 3. The summed E-state index contributed by atoms with van der Waals surface area (Å²) >= 11 is 1.59. The topological polar surface area (TPSA) is 61.0 Å². The first-order chi connectivity index (χ1) is 10.3. The van der Waals surface area contributed by atoms with Gasteiger partial charge in [0, 0.05) is 17.9 Å². The molecule has 1 saturated carbocycles. The maximum atomic E-state index is 6.08. The quantitative estimate of drug-likeness (QED) is 0.870. The fourth-order valence-corrected chi connectivity index (χ4v) is 4.16. The van der Waals surface area contributed by atoms with E-state index in [2.05, 4.69) is 15.1 Å². The van der Waals surface area contributed by atoms with Crippen LogP contribution in [0.2, 0.25) is 0 Å². The summed E-state index contributed by atoms with van der Waals surface area (Å²) in [5, 5.41) is 6.23. The first kappa shape index (κ1) is 13.4. The highest BCUT2D eigenvalue weighted by Gasteiger charge is 2.41. The molecule has 2 aromatic rings. The van der Waals surface area contributed by atoms with Gasteiger partial charge in [-0.3, -0.25) is 0 Å². The molecule has 1 saturated heterocycles. The monoisotopic (exact) mass is 305 g/mol. The van der Waals surface area contributed by atoms with Crippen LogP contribution in [0, 0.1) is 0 Å². The van der Waals surface area contributed by atoms with Gasteiger partial charge in [-0.2, -0.15) is 4.98 Å². The highest BCUT2D eigenvalue weighted by molar-refractivity contribution is 7.07. The SMILES string of the molecule is c1nc(Cc2nc(C3CCOC4(CCCC4)C3)no2)cs1. The van der Waals surface area contributed by atoms with Gasteiger partial charge >= 0.3 is 0 Å². The van der Waals surface area contributed by atoms with E-state index in [4.69, 9.17) is 9.26 Å². The minimum absolute atomic E-state index is 0.0959. The second kappa shape index (κ2) is 5.50. The van der Waals surface area contributed by atoms with Gasteiger partial charge < -0.3 is 9.26 Å². The minimum Gasteiger partial charge on any atom is -0.375 e. The fourth-order valence-electron chi connectivity index (χ4n) is 3.60. The van der Waals surface area contributed by atoms with Gasteiger partial charge in [-0.1, -0.05) is 18.0 Å². The molecule has 0 amide bonds. The average Bonchev–Trinajstić information content (AvgIpc) is 3.22. The Labute approximate surface area is 127 Å². The summed E-state index contributed by atoms with van der Waals surface area (Å²) in [6.07, 6.45) is 7.62. The second-order valence-electron chi connectivity index (χ2n) is 6.13. The summed E-state index contributed by atoms with van der Waals surface area (Å²) in [6, 6.07) is 0. The van der Waals surface area contributed by atoms with Gasteiger partial charge in [0.15, 0.2) is 5.82 Å². The molecule has 3 heterocycles. The molecule has 4 rings (SSSR count). The van der Waals surface area contributed by atoms with Gasteiger partial charge in [-0.05, 0) is 25.7 Å². The first-order valence-electron chi connectivity index (χ1n) is 7.67. The normalized spacial score (nSPS) is 24.7. The van der Waals surface area contributed by atoms with Gasteiger partial charge in [0.05, 0.1) is 23.2 Å². The zero-order valence-corrected chi connectivity index (χ0v) is 12.8. The van der Waals surface area contributed by atoms with E-state index < -0.39 is 0 Å². The lowest BCUT2D eigenvalue weighted by atomic mass is 9.84. The summed E-state index contributed by atoms with van der Waals surface area (Å²) in [6.45, 7) is 0.820. The number of thiazole rings is 1. The molecule has 1 unspecified atom stereocenters. The molecular weight excluding hydrogens is 286 g/mol. The zero-order chi connectivity index (χ0) is 14.1. The maximum absolute atomic E-state index is 6.08. The molecule has 6 heteroatoms. The summed E-state index contributed by atoms with van der Waals surface area (Å²) in [7, 11) is 0. The third-order valence-electron chi connectivity index (χ3n) is 4.67. The predicted octanol–water partition coefficient (Wildman–Crippen LogP) is 3.32. The van der Waals surface area contributed by atoms with Crippen molar-refractivity contribution in [2.45, 2.75) is 56.5 Å². The van der Waals surface area contributed by atoms with Crippen molar-refractivity contribution in [2.75, 3.05) is 6.61 Å². The molecule has 1 atom stereocenters. The number of aromatic nitrogens is 3. The van der Waals surface area contributed by atoms with Crippen LogP contribution in [-0.2, 0) is 11.2 Å². The van der Waals surface area contributed by atoms with Crippen LogP contribution in [0.1, 0.15) is 61.9 Å². The number of hydrogen-bond acceptors (Lipinski definition) is 6. The predicted molar refractivity (Wildman–Crippen MR) is 78.3 cm³/mol. The van der Waals surface area contributed by atoms with Crippen molar-refractivity contribution in [1.82, 2.24) is 15.1 Å². The number of ether oxygens (including phenoxy) is 1. The molecule has 5 nitrogen and oxygen atoms in total. The lowest BCUT2D eigenvalue weighted by Gasteiger charge is -2.37. The molecule has 2 fully saturated rings. The van der Waals surface area contributed by atoms with E-state index in [-0.39, 0.29) is 5.60 Å². The van der Waals surface area contributed by atoms with Crippen LogP contribution in [0.25, 0.3) is 0 Å². The van der Waals surface area contributed by atoms with E-state index in [1.807, 2.05) is 10.9 Å². The van der Waals surface area contributed by atoms with Gasteiger partial charge in [-0.25, -0.2) is 4.98 Å². The van der Waals surface area contributed by atoms with Crippen molar-refractivity contribution in [3.63, 3.8) is 0 Å². The Morgan fingerprint density at radius 3 is 3.05 bits per heavy atom. The number of rotatable bonds is 3. The van der Waals surface area contributed by atoms with Crippen molar-refractivity contribution < 1.29 is 9.26 Å². The van der Waals surface area contributed by atoms with Crippen molar-refractivity contribution in [3.05, 3.63) is 28.3 Å². The van der Waals surface area contributed by atoms with Crippen molar-refractivity contribution in [3.8, 4) is 0 Å². The third kappa shape index (κ3) is 2.74. The van der Waals surface area contributed by atoms with Crippen LogP contribution in [0.5, 0.6) is 0 Å². The Bertz CT molecular complexity index is 590. The standard InChI is InChI=1S/C15H19N3O2S/c1-2-5-15(4-1)8-11(3-6-19-15)14-17-13(20-18-14)7-12-9-21-10-16-12/h9-11H,1-8H2. The highest BCUT2D eigenvalue weighted by Crippen LogP contribution is 2.44. The Balaban J connectivity index is 1.47. The van der Waals surface area contributed by atoms with Crippen LogP contribution >= 0.6 is 11.3 Å². The fraction of sp³-hybridized carbons (Fsp3) is 0.667. The molecule has 0 bridgehead atoms. The van der Waals surface area contributed by atoms with Crippen LogP contribution in [-0.4, -0.2) is 27.3 Å². The molecule has 1 aliphatic carbocycles. The van der Waals surface area contributed by atoms with Crippen LogP contribution in [0.15, 0.2) is 15.4 Å². The van der Waals surface area contributed by atoms with Crippen molar-refractivity contribution in [2.24, 2.45) is 0 Å². The van der Waals surface area contributed by atoms with E-state index in [1.165, 1.54) is 25.7 Å². The van der Waals surface area contributed by atoms with Crippen molar-refractivity contribution in [1.29, 1.82) is 0 Å². The van der Waals surface area contributed by atoms with E-state index in [0.29, 0.717) is 18.2 Å². The summed E-state index contributed by atoms with van der Waals surface area (Å²) in [4.78, 5) is 8.86. The summed E-state index contributed by atoms with van der Waals surface area (Å²) in [5.74, 6) is 1.91. The van der Waals surface area contributed by atoms with E-state index in [9.17, 15) is 0 Å². The summed E-state index contributed by atoms with van der Waals surface area (Å²) < 4.78 is 11.5. The molecule has 0 aromatic carbocycles. The van der Waals surface area contributed by atoms with E-state index in [0.717, 1.165) is 31.0 Å². The zero-order valence-electron chi connectivity index (χ0n) is 12.0. The first-order valence-corrected chi connectivity index (χ1v) is 8.61. The Morgan fingerprint density at radius 2 is 2.24 bits per heavy atom. The van der Waals surface area contributed by atoms with E-state index in [1.54, 1.807) is 11.3 Å². The lowest BCUT2D eigenvalue weighted by molar-refractivity contribution is -0.0815. The molecule has 2 aromatic heterocycles. The Kier molecular flexibility index (Phi) is 3.51. The van der Waals surface area contributed by atoms with Gasteiger partial charge in [-0.15, -0.1) is 11.3 Å². The average molecular weight is 305 g/mol. The molecule has 0 radical (unpaired) electrons.